The Hall–Kier alpha value is -0.550. The van der Waals surface area contributed by atoms with E-state index in [4.69, 9.17) is 0 Å². The zero-order valence-electron chi connectivity index (χ0n) is 9.37. The Kier molecular flexibility index (Phi) is 5.84. The van der Waals surface area contributed by atoms with Crippen molar-refractivity contribution in [3.05, 3.63) is 28.5 Å². The summed E-state index contributed by atoms with van der Waals surface area (Å²) in [6.07, 6.45) is 4.67. The molecule has 0 fully saturated rings. The van der Waals surface area contributed by atoms with E-state index in [2.05, 4.69) is 32.5 Å². The Morgan fingerprint density at radius 1 is 1.69 bits per heavy atom. The van der Waals surface area contributed by atoms with Crippen LogP contribution in [-0.2, 0) is 0 Å². The van der Waals surface area contributed by atoms with Crippen LogP contribution in [0.1, 0.15) is 23.7 Å². The van der Waals surface area contributed by atoms with Gasteiger partial charge in [-0.2, -0.15) is 11.8 Å². The molecule has 1 unspecified atom stereocenters. The molecule has 1 aromatic rings. The van der Waals surface area contributed by atoms with E-state index in [1.54, 1.807) is 30.1 Å². The quantitative estimate of drug-likeness (QED) is 0.851. The summed E-state index contributed by atoms with van der Waals surface area (Å²) in [5.41, 5.74) is 0.637. The lowest BCUT2D eigenvalue weighted by atomic mass is 10.2. The maximum absolute atomic E-state index is 11.8. The van der Waals surface area contributed by atoms with Crippen molar-refractivity contribution in [2.75, 3.05) is 12.0 Å². The first-order valence-electron chi connectivity index (χ1n) is 5.05. The lowest BCUT2D eigenvalue weighted by molar-refractivity contribution is 0.0939. The van der Waals surface area contributed by atoms with Crippen molar-refractivity contribution >= 4 is 33.6 Å². The van der Waals surface area contributed by atoms with Crippen molar-refractivity contribution in [3.63, 3.8) is 0 Å². The van der Waals surface area contributed by atoms with E-state index in [-0.39, 0.29) is 11.9 Å². The first-order chi connectivity index (χ1) is 7.63. The van der Waals surface area contributed by atoms with Gasteiger partial charge in [0.05, 0.1) is 0 Å². The molecule has 1 N–H and O–H groups in total. The number of rotatable bonds is 5. The normalized spacial score (nSPS) is 12.2. The molecule has 0 aromatic carbocycles. The molecule has 0 bridgehead atoms. The van der Waals surface area contributed by atoms with Gasteiger partial charge in [0.25, 0.3) is 5.91 Å². The number of nitrogens with zero attached hydrogens (tertiary/aromatic N) is 1. The first kappa shape index (κ1) is 13.5. The van der Waals surface area contributed by atoms with Crippen molar-refractivity contribution in [2.45, 2.75) is 19.4 Å². The van der Waals surface area contributed by atoms with Gasteiger partial charge in [-0.1, -0.05) is 0 Å². The van der Waals surface area contributed by atoms with Crippen LogP contribution in [0.3, 0.4) is 0 Å². The fraction of sp³-hybridized carbons (Fsp3) is 0.455. The van der Waals surface area contributed by atoms with Gasteiger partial charge in [-0.3, -0.25) is 4.79 Å². The van der Waals surface area contributed by atoms with Crippen molar-refractivity contribution in [2.24, 2.45) is 0 Å². The lowest BCUT2D eigenvalue weighted by Crippen LogP contribution is -2.32. The maximum Gasteiger partial charge on any atom is 0.251 e. The van der Waals surface area contributed by atoms with E-state index in [0.717, 1.165) is 12.2 Å². The van der Waals surface area contributed by atoms with Crippen molar-refractivity contribution in [1.82, 2.24) is 10.3 Å². The highest BCUT2D eigenvalue weighted by molar-refractivity contribution is 9.10. The zero-order chi connectivity index (χ0) is 12.0. The summed E-state index contributed by atoms with van der Waals surface area (Å²) in [5.74, 6) is 1.01. The molecule has 5 heteroatoms. The lowest BCUT2D eigenvalue weighted by Gasteiger charge is -2.13. The molecule has 88 valence electrons. The molecule has 1 amide bonds. The van der Waals surface area contributed by atoms with E-state index in [1.807, 2.05) is 6.92 Å². The van der Waals surface area contributed by atoms with Crippen LogP contribution in [0.15, 0.2) is 22.9 Å². The molecule has 3 nitrogen and oxygen atoms in total. The fourth-order valence-corrected chi connectivity index (χ4v) is 2.17. The summed E-state index contributed by atoms with van der Waals surface area (Å²) in [7, 11) is 0. The SMILES string of the molecule is CSCCC(C)NC(=O)c1ccnc(Br)c1. The van der Waals surface area contributed by atoms with Gasteiger partial charge in [-0.25, -0.2) is 4.98 Å². The number of halogens is 1. The summed E-state index contributed by atoms with van der Waals surface area (Å²) in [6, 6.07) is 3.63. The van der Waals surface area contributed by atoms with E-state index < -0.39 is 0 Å². The van der Waals surface area contributed by atoms with Gasteiger partial charge < -0.3 is 5.32 Å². The number of hydrogen-bond donors (Lipinski definition) is 1. The van der Waals surface area contributed by atoms with Crippen LogP contribution < -0.4 is 5.32 Å². The minimum atomic E-state index is -0.0447. The predicted octanol–water partition coefficient (Wildman–Crippen LogP) is 2.72. The number of amides is 1. The van der Waals surface area contributed by atoms with Gasteiger partial charge in [-0.15, -0.1) is 0 Å². The van der Waals surface area contributed by atoms with Crippen LogP contribution in [-0.4, -0.2) is 28.9 Å². The van der Waals surface area contributed by atoms with E-state index >= 15 is 0 Å². The third-order valence-electron chi connectivity index (χ3n) is 2.12. The van der Waals surface area contributed by atoms with E-state index in [1.165, 1.54) is 0 Å². The minimum absolute atomic E-state index is 0.0447. The second kappa shape index (κ2) is 6.91. The average molecular weight is 303 g/mol. The van der Waals surface area contributed by atoms with Gasteiger partial charge in [0, 0.05) is 17.8 Å². The number of carbonyl (C=O) groups excluding carboxylic acids is 1. The van der Waals surface area contributed by atoms with Gasteiger partial charge in [-0.05, 0) is 53.4 Å². The van der Waals surface area contributed by atoms with Crippen molar-refractivity contribution < 1.29 is 4.79 Å². The van der Waals surface area contributed by atoms with Crippen LogP contribution in [0, 0.1) is 0 Å². The second-order valence-corrected chi connectivity index (χ2v) is 5.32. The fourth-order valence-electron chi connectivity index (χ4n) is 1.22. The summed E-state index contributed by atoms with van der Waals surface area (Å²) >= 11 is 5.03. The van der Waals surface area contributed by atoms with Crippen molar-refractivity contribution in [1.29, 1.82) is 0 Å². The van der Waals surface area contributed by atoms with Crippen LogP contribution in [0.4, 0.5) is 0 Å². The van der Waals surface area contributed by atoms with Crippen LogP contribution >= 0.6 is 27.7 Å². The predicted molar refractivity (Wildman–Crippen MR) is 71.9 cm³/mol. The van der Waals surface area contributed by atoms with E-state index in [9.17, 15) is 4.79 Å². The first-order valence-corrected chi connectivity index (χ1v) is 7.23. The smallest absolute Gasteiger partial charge is 0.251 e. The number of thioether (sulfide) groups is 1. The third kappa shape index (κ3) is 4.53. The molecule has 0 spiro atoms. The number of carbonyl (C=O) groups is 1. The summed E-state index contributed by atoms with van der Waals surface area (Å²) in [6.45, 7) is 2.02. The maximum atomic E-state index is 11.8. The summed E-state index contributed by atoms with van der Waals surface area (Å²) in [5, 5.41) is 2.96. The molecule has 1 heterocycles. The number of hydrogen-bond acceptors (Lipinski definition) is 3. The number of nitrogens with one attached hydrogen (secondary N) is 1. The van der Waals surface area contributed by atoms with Gasteiger partial charge in [0.15, 0.2) is 0 Å². The van der Waals surface area contributed by atoms with E-state index in [0.29, 0.717) is 10.2 Å². The highest BCUT2D eigenvalue weighted by Crippen LogP contribution is 2.08. The minimum Gasteiger partial charge on any atom is -0.350 e. The molecule has 0 saturated heterocycles. The highest BCUT2D eigenvalue weighted by atomic mass is 79.9. The van der Waals surface area contributed by atoms with Crippen LogP contribution in [0.2, 0.25) is 0 Å². The molecule has 1 aromatic heterocycles. The Balaban J connectivity index is 2.52. The zero-order valence-corrected chi connectivity index (χ0v) is 11.8. The molecule has 16 heavy (non-hydrogen) atoms. The number of aromatic nitrogens is 1. The monoisotopic (exact) mass is 302 g/mol. The van der Waals surface area contributed by atoms with Gasteiger partial charge in [0.2, 0.25) is 0 Å². The molecule has 0 radical (unpaired) electrons. The van der Waals surface area contributed by atoms with Crippen LogP contribution in [0.25, 0.3) is 0 Å². The largest absolute Gasteiger partial charge is 0.350 e. The van der Waals surface area contributed by atoms with Crippen molar-refractivity contribution in [3.8, 4) is 0 Å². The third-order valence-corrected chi connectivity index (χ3v) is 3.20. The standard InChI is InChI=1S/C11H15BrN2OS/c1-8(4-6-16-2)14-11(15)9-3-5-13-10(12)7-9/h3,5,7-8H,4,6H2,1-2H3,(H,14,15). The Morgan fingerprint density at radius 3 is 3.06 bits per heavy atom. The molecular weight excluding hydrogens is 288 g/mol. The average Bonchev–Trinajstić information content (AvgIpc) is 2.26. The Morgan fingerprint density at radius 2 is 2.44 bits per heavy atom. The summed E-state index contributed by atoms with van der Waals surface area (Å²) in [4.78, 5) is 15.8. The number of pyridine rings is 1. The van der Waals surface area contributed by atoms with Gasteiger partial charge in [0.1, 0.15) is 4.60 Å². The van der Waals surface area contributed by atoms with Crippen LogP contribution in [0.5, 0.6) is 0 Å². The second-order valence-electron chi connectivity index (χ2n) is 3.52. The molecular formula is C11H15BrN2OS. The molecule has 0 aliphatic rings. The topological polar surface area (TPSA) is 42.0 Å². The highest BCUT2D eigenvalue weighted by Gasteiger charge is 2.09. The molecule has 0 aliphatic heterocycles. The molecule has 1 rings (SSSR count). The molecule has 0 aliphatic carbocycles. The molecule has 1 atom stereocenters. The Bertz CT molecular complexity index is 360. The Labute approximate surface area is 109 Å². The summed E-state index contributed by atoms with van der Waals surface area (Å²) < 4.78 is 0.678. The van der Waals surface area contributed by atoms with Gasteiger partial charge >= 0.3 is 0 Å². The molecule has 0 saturated carbocycles.